The van der Waals surface area contributed by atoms with E-state index in [0.29, 0.717) is 49.9 Å². The Morgan fingerprint density at radius 2 is 1.91 bits per heavy atom. The van der Waals surface area contributed by atoms with Crippen LogP contribution < -0.4 is 4.74 Å². The molecule has 1 aromatic heterocycles. The number of nitrogens with zero attached hydrogens (tertiary/aromatic N) is 3. The van der Waals surface area contributed by atoms with E-state index in [-0.39, 0.29) is 17.7 Å². The summed E-state index contributed by atoms with van der Waals surface area (Å²) in [6.07, 6.45) is 3.04. The van der Waals surface area contributed by atoms with Gasteiger partial charge >= 0.3 is 0 Å². The van der Waals surface area contributed by atoms with E-state index < -0.39 is 29.5 Å². The largest absolute Gasteiger partial charge is 0.480 e. The van der Waals surface area contributed by atoms with Crippen molar-refractivity contribution in [3.8, 4) is 5.88 Å². The van der Waals surface area contributed by atoms with Crippen LogP contribution >= 0.6 is 0 Å². The van der Waals surface area contributed by atoms with Crippen molar-refractivity contribution >= 4 is 11.8 Å². The number of ether oxygens (including phenoxy) is 2. The molecule has 2 aromatic rings. The number of rotatable bonds is 3. The molecule has 0 bridgehead atoms. The first kappa shape index (κ1) is 20.8. The summed E-state index contributed by atoms with van der Waals surface area (Å²) in [7, 11) is 1.46. The Kier molecular flexibility index (Phi) is 5.08. The number of carbonyl (C=O) groups is 2. The van der Waals surface area contributed by atoms with Crippen LogP contribution in [0.5, 0.6) is 5.88 Å². The maximum absolute atomic E-state index is 13.8. The number of halogens is 2. The molecular formula is C23H23F2N3O4. The van der Waals surface area contributed by atoms with Gasteiger partial charge in [0.15, 0.2) is 5.60 Å². The van der Waals surface area contributed by atoms with Crippen LogP contribution in [-0.4, -0.2) is 58.6 Å². The number of pyridine rings is 1. The first-order valence-electron chi connectivity index (χ1n) is 10.7. The van der Waals surface area contributed by atoms with Gasteiger partial charge in [-0.2, -0.15) is 0 Å². The maximum Gasteiger partial charge on any atom is 0.259 e. The molecule has 3 aliphatic rings. The van der Waals surface area contributed by atoms with E-state index in [1.54, 1.807) is 28.1 Å². The molecule has 3 aliphatic heterocycles. The fourth-order valence-electron chi connectivity index (χ4n) is 5.10. The van der Waals surface area contributed by atoms with Gasteiger partial charge < -0.3 is 19.3 Å². The number of methoxy groups -OCH3 is 1. The van der Waals surface area contributed by atoms with Crippen molar-refractivity contribution in [1.82, 2.24) is 14.8 Å². The Morgan fingerprint density at radius 3 is 2.59 bits per heavy atom. The van der Waals surface area contributed by atoms with Gasteiger partial charge in [0, 0.05) is 38.2 Å². The minimum Gasteiger partial charge on any atom is -0.480 e. The summed E-state index contributed by atoms with van der Waals surface area (Å²) in [5.74, 6) is -1.44. The fourth-order valence-corrected chi connectivity index (χ4v) is 5.10. The Labute approximate surface area is 183 Å². The lowest BCUT2D eigenvalue weighted by Crippen LogP contribution is -2.51. The second-order valence-corrected chi connectivity index (χ2v) is 8.43. The lowest BCUT2D eigenvalue weighted by molar-refractivity contribution is -0.142. The van der Waals surface area contributed by atoms with Gasteiger partial charge in [-0.15, -0.1) is 0 Å². The third kappa shape index (κ3) is 3.31. The summed E-state index contributed by atoms with van der Waals surface area (Å²) < 4.78 is 38.9. The molecule has 0 N–H and O–H groups in total. The standard InChI is InChI=1S/C23H23F2N3O4/c1-31-20-17(3-2-8-26-20)21(29)27-9-6-23(7-10-27)22(30)28-18(4-5-19(28)32-23)14-11-15(24)13-16(25)12-14/h2-3,8,11-13,18-19H,4-7,9-10H2,1H3/t18-,19+/m0/s1. The van der Waals surface area contributed by atoms with Crippen molar-refractivity contribution in [1.29, 1.82) is 0 Å². The van der Waals surface area contributed by atoms with E-state index in [1.165, 1.54) is 19.2 Å². The number of amides is 2. The van der Waals surface area contributed by atoms with Gasteiger partial charge in [0.1, 0.15) is 23.4 Å². The number of likely N-dealkylation sites (tertiary alicyclic amines) is 1. The SMILES string of the molecule is COc1ncccc1C(=O)N1CCC2(CC1)O[C@@H]1CC[C@@H](c3cc(F)cc(F)c3)N1C2=O. The Bertz CT molecular complexity index is 1050. The molecule has 2 atom stereocenters. The first-order chi connectivity index (χ1) is 15.4. The molecule has 2 amide bonds. The normalized spacial score (nSPS) is 24.2. The Balaban J connectivity index is 1.32. The van der Waals surface area contributed by atoms with Crippen molar-refractivity contribution in [3.05, 3.63) is 59.3 Å². The number of aromatic nitrogens is 1. The van der Waals surface area contributed by atoms with Crippen LogP contribution in [0.25, 0.3) is 0 Å². The summed E-state index contributed by atoms with van der Waals surface area (Å²) in [6, 6.07) is 6.29. The molecule has 168 valence electrons. The van der Waals surface area contributed by atoms with Gasteiger partial charge in [0.05, 0.1) is 13.2 Å². The van der Waals surface area contributed by atoms with Crippen LogP contribution in [0.2, 0.25) is 0 Å². The minimum absolute atomic E-state index is 0.166. The molecule has 0 unspecified atom stereocenters. The van der Waals surface area contributed by atoms with Gasteiger partial charge in [-0.3, -0.25) is 9.59 Å². The molecule has 1 spiro atoms. The molecule has 1 aromatic carbocycles. The van der Waals surface area contributed by atoms with Crippen molar-refractivity contribution in [2.45, 2.75) is 43.6 Å². The summed E-state index contributed by atoms with van der Waals surface area (Å²) in [5, 5.41) is 0. The molecule has 5 rings (SSSR count). The van der Waals surface area contributed by atoms with E-state index in [9.17, 15) is 18.4 Å². The highest BCUT2D eigenvalue weighted by Gasteiger charge is 2.58. The van der Waals surface area contributed by atoms with Gasteiger partial charge in [-0.1, -0.05) is 0 Å². The molecule has 0 aliphatic carbocycles. The van der Waals surface area contributed by atoms with Crippen LogP contribution in [0.4, 0.5) is 8.78 Å². The van der Waals surface area contributed by atoms with Gasteiger partial charge in [0.2, 0.25) is 5.88 Å². The molecule has 32 heavy (non-hydrogen) atoms. The number of hydrogen-bond acceptors (Lipinski definition) is 5. The number of fused-ring (bicyclic) bond motifs is 1. The number of carbonyl (C=O) groups excluding carboxylic acids is 2. The zero-order chi connectivity index (χ0) is 22.5. The van der Waals surface area contributed by atoms with Crippen LogP contribution in [0.3, 0.4) is 0 Å². The van der Waals surface area contributed by atoms with E-state index in [1.807, 2.05) is 0 Å². The van der Waals surface area contributed by atoms with Crippen molar-refractivity contribution in [2.24, 2.45) is 0 Å². The summed E-state index contributed by atoms with van der Waals surface area (Å²) >= 11 is 0. The van der Waals surface area contributed by atoms with Crippen LogP contribution in [-0.2, 0) is 9.53 Å². The fraction of sp³-hybridized carbons (Fsp3) is 0.435. The highest BCUT2D eigenvalue weighted by Crippen LogP contribution is 2.47. The molecule has 3 fully saturated rings. The van der Waals surface area contributed by atoms with Crippen molar-refractivity contribution < 1.29 is 27.8 Å². The maximum atomic E-state index is 13.8. The number of hydrogen-bond donors (Lipinski definition) is 0. The summed E-state index contributed by atoms with van der Waals surface area (Å²) in [4.78, 5) is 33.8. The predicted octanol–water partition coefficient (Wildman–Crippen LogP) is 3.06. The highest BCUT2D eigenvalue weighted by atomic mass is 19.1. The lowest BCUT2D eigenvalue weighted by Gasteiger charge is -2.37. The van der Waals surface area contributed by atoms with E-state index >= 15 is 0 Å². The van der Waals surface area contributed by atoms with E-state index in [2.05, 4.69) is 4.98 Å². The van der Waals surface area contributed by atoms with Gasteiger partial charge in [-0.25, -0.2) is 13.8 Å². The Hall–Kier alpha value is -3.07. The number of benzene rings is 1. The molecule has 9 heteroatoms. The average molecular weight is 443 g/mol. The van der Waals surface area contributed by atoms with E-state index in [0.717, 1.165) is 6.07 Å². The molecule has 3 saturated heterocycles. The second-order valence-electron chi connectivity index (χ2n) is 8.43. The zero-order valence-corrected chi connectivity index (χ0v) is 17.6. The minimum atomic E-state index is -1.01. The predicted molar refractivity (Wildman–Crippen MR) is 109 cm³/mol. The number of piperidine rings is 1. The average Bonchev–Trinajstić information content (AvgIpc) is 3.31. The van der Waals surface area contributed by atoms with Gasteiger partial charge in [0.25, 0.3) is 11.8 Å². The smallest absolute Gasteiger partial charge is 0.259 e. The monoisotopic (exact) mass is 443 g/mol. The molecule has 0 saturated carbocycles. The lowest BCUT2D eigenvalue weighted by atomic mass is 9.89. The third-order valence-electron chi connectivity index (χ3n) is 6.64. The summed E-state index contributed by atoms with van der Waals surface area (Å²) in [6.45, 7) is 0.699. The first-order valence-corrected chi connectivity index (χ1v) is 10.7. The third-order valence-corrected chi connectivity index (χ3v) is 6.64. The molecule has 0 radical (unpaired) electrons. The van der Waals surface area contributed by atoms with Crippen molar-refractivity contribution in [2.75, 3.05) is 20.2 Å². The highest BCUT2D eigenvalue weighted by molar-refractivity contribution is 5.97. The molecule has 4 heterocycles. The van der Waals surface area contributed by atoms with Crippen LogP contribution in [0, 0.1) is 11.6 Å². The zero-order valence-electron chi connectivity index (χ0n) is 17.6. The summed E-state index contributed by atoms with van der Waals surface area (Å²) in [5.41, 5.74) is -0.195. The van der Waals surface area contributed by atoms with E-state index in [4.69, 9.17) is 9.47 Å². The van der Waals surface area contributed by atoms with Crippen molar-refractivity contribution in [3.63, 3.8) is 0 Å². The molecule has 7 nitrogen and oxygen atoms in total. The van der Waals surface area contributed by atoms with Crippen LogP contribution in [0.15, 0.2) is 36.5 Å². The van der Waals surface area contributed by atoms with Gasteiger partial charge in [-0.05, 0) is 42.7 Å². The molecular weight excluding hydrogens is 420 g/mol. The quantitative estimate of drug-likeness (QED) is 0.729. The second kappa shape index (κ2) is 7.81. The topological polar surface area (TPSA) is 72.0 Å². The van der Waals surface area contributed by atoms with Crippen LogP contribution in [0.1, 0.15) is 47.6 Å². The Morgan fingerprint density at radius 1 is 1.19 bits per heavy atom.